The topological polar surface area (TPSA) is 17.0 Å². The Bertz CT molecular complexity index is 638. The number of aromatic nitrogens is 1. The molecule has 1 N–H and O–H groups in total. The Morgan fingerprint density at radius 1 is 1.00 bits per heavy atom. The number of nitrogens with zero attached hydrogens (tertiary/aromatic N) is 1. The third-order valence-corrected chi connectivity index (χ3v) is 4.97. The van der Waals surface area contributed by atoms with Crippen LogP contribution in [0.1, 0.15) is 42.6 Å². The molecule has 2 nitrogen and oxygen atoms in total. The first-order valence-electron chi connectivity index (χ1n) is 8.84. The predicted octanol–water partition coefficient (Wildman–Crippen LogP) is 5.14. The second-order valence-corrected chi connectivity index (χ2v) is 6.67. The van der Waals surface area contributed by atoms with E-state index in [0.717, 1.165) is 19.5 Å². The number of hydrogen-bond acceptors (Lipinski definition) is 1. The molecular weight excluding hydrogens is 316 g/mol. The molecule has 1 atom stereocenters. The monoisotopic (exact) mass is 344 g/mol. The van der Waals surface area contributed by atoms with Crippen molar-refractivity contribution >= 4 is 18.0 Å². The lowest BCUT2D eigenvalue weighted by Crippen LogP contribution is -2.32. The average Bonchev–Trinajstić information content (AvgIpc) is 2.91. The number of benzene rings is 1. The fraction of sp³-hybridized carbons (Fsp3) is 0.429. The highest BCUT2D eigenvalue weighted by Gasteiger charge is 2.15. The maximum absolute atomic E-state index is 3.65. The minimum absolute atomic E-state index is 0. The van der Waals surface area contributed by atoms with Crippen LogP contribution in [-0.2, 0) is 6.54 Å². The third kappa shape index (κ3) is 4.75. The molecule has 24 heavy (non-hydrogen) atoms. The van der Waals surface area contributed by atoms with Gasteiger partial charge in [-0.1, -0.05) is 42.8 Å². The van der Waals surface area contributed by atoms with E-state index in [2.05, 4.69) is 72.3 Å². The van der Waals surface area contributed by atoms with Crippen LogP contribution in [0.3, 0.4) is 0 Å². The first kappa shape index (κ1) is 18.8. The van der Waals surface area contributed by atoms with Crippen molar-refractivity contribution in [1.82, 2.24) is 9.88 Å². The number of halogens is 1. The van der Waals surface area contributed by atoms with Gasteiger partial charge in [-0.3, -0.25) is 0 Å². The van der Waals surface area contributed by atoms with Gasteiger partial charge in [-0.2, -0.15) is 0 Å². The van der Waals surface area contributed by atoms with Crippen molar-refractivity contribution in [1.29, 1.82) is 0 Å². The Balaban J connectivity index is 0.00000208. The van der Waals surface area contributed by atoms with Crippen molar-refractivity contribution < 1.29 is 0 Å². The van der Waals surface area contributed by atoms with Crippen LogP contribution in [-0.4, -0.2) is 17.2 Å². The van der Waals surface area contributed by atoms with Crippen molar-refractivity contribution in [2.24, 2.45) is 0 Å². The third-order valence-electron chi connectivity index (χ3n) is 4.97. The van der Waals surface area contributed by atoms with E-state index in [1.807, 2.05) is 0 Å². The van der Waals surface area contributed by atoms with E-state index in [0.29, 0.717) is 6.04 Å². The summed E-state index contributed by atoms with van der Waals surface area (Å²) in [6.45, 7) is 6.56. The van der Waals surface area contributed by atoms with E-state index in [4.69, 9.17) is 0 Å². The number of rotatable bonds is 6. The number of nitrogens with one attached hydrogen (secondary N) is 1. The summed E-state index contributed by atoms with van der Waals surface area (Å²) < 4.78 is 2.43. The van der Waals surface area contributed by atoms with Gasteiger partial charge in [0.25, 0.3) is 0 Å². The molecule has 1 aromatic heterocycles. The Labute approximate surface area is 152 Å². The van der Waals surface area contributed by atoms with Gasteiger partial charge in [0.15, 0.2) is 0 Å². The van der Waals surface area contributed by atoms with Crippen LogP contribution in [0.25, 0.3) is 5.57 Å². The van der Waals surface area contributed by atoms with Gasteiger partial charge in [-0.25, -0.2) is 0 Å². The van der Waals surface area contributed by atoms with Gasteiger partial charge in [0.05, 0.1) is 0 Å². The molecule has 0 bridgehead atoms. The lowest BCUT2D eigenvalue weighted by atomic mass is 9.93. The molecule has 2 heterocycles. The Kier molecular flexibility index (Phi) is 7.14. The molecule has 0 aliphatic carbocycles. The minimum atomic E-state index is 0. The summed E-state index contributed by atoms with van der Waals surface area (Å²) in [5, 5.41) is 3.65. The highest BCUT2D eigenvalue weighted by Crippen LogP contribution is 2.24. The van der Waals surface area contributed by atoms with E-state index in [9.17, 15) is 0 Å². The zero-order valence-corrected chi connectivity index (χ0v) is 15.6. The van der Waals surface area contributed by atoms with Crippen LogP contribution in [0.5, 0.6) is 0 Å². The van der Waals surface area contributed by atoms with Crippen LogP contribution in [0, 0.1) is 13.8 Å². The van der Waals surface area contributed by atoms with Crippen LogP contribution < -0.4 is 5.32 Å². The lowest BCUT2D eigenvalue weighted by Gasteiger charge is -2.24. The van der Waals surface area contributed by atoms with Gasteiger partial charge < -0.3 is 9.88 Å². The number of hydrogen-bond donors (Lipinski definition) is 1. The molecule has 0 amide bonds. The molecule has 0 fully saturated rings. The van der Waals surface area contributed by atoms with Crippen molar-refractivity contribution in [3.05, 3.63) is 65.5 Å². The van der Waals surface area contributed by atoms with Crippen molar-refractivity contribution in [3.8, 4) is 0 Å². The molecule has 1 aliphatic rings. The quantitative estimate of drug-likeness (QED) is 0.718. The molecular formula is C21H29ClN2. The van der Waals surface area contributed by atoms with Crippen molar-refractivity contribution in [2.45, 2.75) is 52.1 Å². The van der Waals surface area contributed by atoms with Crippen LogP contribution in [0.15, 0.2) is 48.5 Å². The Morgan fingerprint density at radius 2 is 1.71 bits per heavy atom. The maximum Gasteiger partial charge on any atom is 0.0224 e. The summed E-state index contributed by atoms with van der Waals surface area (Å²) in [5.41, 5.74) is 5.66. The molecule has 2 aromatic rings. The van der Waals surface area contributed by atoms with Crippen LogP contribution in [0.4, 0.5) is 0 Å². The molecule has 1 aliphatic heterocycles. The molecule has 3 rings (SSSR count). The van der Waals surface area contributed by atoms with Crippen molar-refractivity contribution in [3.63, 3.8) is 0 Å². The summed E-state index contributed by atoms with van der Waals surface area (Å²) in [6.07, 6.45) is 7.32. The second-order valence-electron chi connectivity index (χ2n) is 6.67. The number of aryl methyl sites for hydroxylation is 2. The average molecular weight is 345 g/mol. The normalized spacial score (nSPS) is 17.2. The van der Waals surface area contributed by atoms with E-state index in [1.165, 1.54) is 41.8 Å². The Hall–Kier alpha value is -1.51. The highest BCUT2D eigenvalue weighted by molar-refractivity contribution is 5.85. The van der Waals surface area contributed by atoms with E-state index in [1.54, 1.807) is 0 Å². The zero-order chi connectivity index (χ0) is 16.1. The maximum atomic E-state index is 3.65. The number of unbranched alkanes of at least 4 members (excludes halogenated alkanes) is 1. The van der Waals surface area contributed by atoms with Crippen molar-refractivity contribution in [2.75, 3.05) is 6.54 Å². The molecule has 3 heteroatoms. The lowest BCUT2D eigenvalue weighted by molar-refractivity contribution is 0.462. The summed E-state index contributed by atoms with van der Waals surface area (Å²) in [5.74, 6) is 0. The summed E-state index contributed by atoms with van der Waals surface area (Å²) in [6, 6.07) is 15.9. The Morgan fingerprint density at radius 3 is 2.42 bits per heavy atom. The molecule has 1 aromatic carbocycles. The van der Waals surface area contributed by atoms with E-state index in [-0.39, 0.29) is 12.4 Å². The predicted molar refractivity (Wildman–Crippen MR) is 106 cm³/mol. The van der Waals surface area contributed by atoms with Gasteiger partial charge in [-0.05, 0) is 56.4 Å². The summed E-state index contributed by atoms with van der Waals surface area (Å²) in [4.78, 5) is 0. The van der Waals surface area contributed by atoms with Gasteiger partial charge in [0, 0.05) is 30.5 Å². The summed E-state index contributed by atoms with van der Waals surface area (Å²) in [7, 11) is 0. The molecule has 0 radical (unpaired) electrons. The SMILES string of the molecule is Cc1ccc(C)n1CCCCC1CC(c2ccccc2)=CCN1.Cl. The highest BCUT2D eigenvalue weighted by atomic mass is 35.5. The standard InChI is InChI=1S/C21H28N2.ClH/c1-17-11-12-18(2)23(17)15-7-6-10-21-16-20(13-14-22-21)19-8-4-3-5-9-19;/h3-5,8-9,11-13,21-22H,6-7,10,14-16H2,1-2H3;1H. The smallest absolute Gasteiger partial charge is 0.0224 e. The largest absolute Gasteiger partial charge is 0.349 e. The molecule has 0 spiro atoms. The fourth-order valence-corrected chi connectivity index (χ4v) is 3.57. The molecule has 1 unspecified atom stereocenters. The van der Waals surface area contributed by atoms with E-state index < -0.39 is 0 Å². The zero-order valence-electron chi connectivity index (χ0n) is 14.8. The fourth-order valence-electron chi connectivity index (χ4n) is 3.57. The second kappa shape index (κ2) is 9.10. The molecule has 130 valence electrons. The van der Waals surface area contributed by atoms with E-state index >= 15 is 0 Å². The van der Waals surface area contributed by atoms with Gasteiger partial charge in [0.2, 0.25) is 0 Å². The first-order valence-corrected chi connectivity index (χ1v) is 8.84. The first-order chi connectivity index (χ1) is 11.2. The minimum Gasteiger partial charge on any atom is -0.349 e. The van der Waals surface area contributed by atoms with Crippen LogP contribution in [0.2, 0.25) is 0 Å². The van der Waals surface area contributed by atoms with Gasteiger partial charge in [-0.15, -0.1) is 12.4 Å². The van der Waals surface area contributed by atoms with Gasteiger partial charge in [0.1, 0.15) is 0 Å². The molecule has 0 saturated heterocycles. The van der Waals surface area contributed by atoms with Gasteiger partial charge >= 0.3 is 0 Å². The van der Waals surface area contributed by atoms with Crippen LogP contribution >= 0.6 is 12.4 Å². The summed E-state index contributed by atoms with van der Waals surface area (Å²) >= 11 is 0. The molecule has 0 saturated carbocycles.